The Hall–Kier alpha value is -0.940. The van der Waals surface area contributed by atoms with Crippen molar-refractivity contribution in [2.24, 2.45) is 0 Å². The van der Waals surface area contributed by atoms with E-state index in [9.17, 15) is 4.79 Å². The third kappa shape index (κ3) is 2.90. The van der Waals surface area contributed by atoms with Gasteiger partial charge in [-0.25, -0.2) is 0 Å². The van der Waals surface area contributed by atoms with Crippen LogP contribution in [-0.4, -0.2) is 40.7 Å². The zero-order valence-electron chi connectivity index (χ0n) is 11.3. The fourth-order valence-corrected chi connectivity index (χ4v) is 3.31. The first-order chi connectivity index (χ1) is 8.59. The van der Waals surface area contributed by atoms with Gasteiger partial charge in [0.2, 0.25) is 0 Å². The van der Waals surface area contributed by atoms with Crippen molar-refractivity contribution in [3.63, 3.8) is 0 Å². The number of ketones is 1. The standard InChI is InChI=1S/C13H21N3OS/c1-9(16-6-4-5-7-16)8-14-13-12(11(3)17)10(2)15-18-13/h9,14H,4-8H2,1-3H3. The Morgan fingerprint density at radius 2 is 2.17 bits per heavy atom. The Labute approximate surface area is 113 Å². The summed E-state index contributed by atoms with van der Waals surface area (Å²) in [6.45, 7) is 9.00. The molecular weight excluding hydrogens is 246 g/mol. The maximum atomic E-state index is 11.6. The number of nitrogens with zero attached hydrogens (tertiary/aromatic N) is 2. The molecule has 0 aliphatic carbocycles. The maximum absolute atomic E-state index is 11.6. The quantitative estimate of drug-likeness (QED) is 0.833. The topological polar surface area (TPSA) is 45.2 Å². The third-order valence-corrected chi connectivity index (χ3v) is 4.43. The van der Waals surface area contributed by atoms with Crippen molar-refractivity contribution in [1.82, 2.24) is 9.27 Å². The molecule has 18 heavy (non-hydrogen) atoms. The van der Waals surface area contributed by atoms with E-state index >= 15 is 0 Å². The fourth-order valence-electron chi connectivity index (χ4n) is 2.46. The van der Waals surface area contributed by atoms with Crippen LogP contribution >= 0.6 is 11.5 Å². The highest BCUT2D eigenvalue weighted by atomic mass is 32.1. The van der Waals surface area contributed by atoms with E-state index in [4.69, 9.17) is 0 Å². The van der Waals surface area contributed by atoms with Crippen LogP contribution in [0.25, 0.3) is 0 Å². The van der Waals surface area contributed by atoms with E-state index in [1.54, 1.807) is 6.92 Å². The van der Waals surface area contributed by atoms with Gasteiger partial charge in [-0.3, -0.25) is 9.69 Å². The predicted molar refractivity (Wildman–Crippen MR) is 75.6 cm³/mol. The summed E-state index contributed by atoms with van der Waals surface area (Å²) in [5.74, 6) is 0.0950. The van der Waals surface area contributed by atoms with E-state index in [1.165, 1.54) is 37.5 Å². The van der Waals surface area contributed by atoms with Crippen LogP contribution < -0.4 is 5.32 Å². The lowest BCUT2D eigenvalue weighted by molar-refractivity contribution is 0.101. The molecule has 1 aliphatic heterocycles. The number of hydrogen-bond donors (Lipinski definition) is 1. The van der Waals surface area contributed by atoms with Gasteiger partial charge >= 0.3 is 0 Å². The molecule has 5 heteroatoms. The number of rotatable bonds is 5. The van der Waals surface area contributed by atoms with Gasteiger partial charge in [0.15, 0.2) is 5.78 Å². The van der Waals surface area contributed by atoms with E-state index in [2.05, 4.69) is 21.5 Å². The Bertz CT molecular complexity index is 424. The summed E-state index contributed by atoms with van der Waals surface area (Å²) in [4.78, 5) is 14.1. The number of aromatic nitrogens is 1. The van der Waals surface area contributed by atoms with Crippen LogP contribution in [0.15, 0.2) is 0 Å². The molecule has 0 radical (unpaired) electrons. The molecule has 1 saturated heterocycles. The smallest absolute Gasteiger partial charge is 0.164 e. The molecule has 0 saturated carbocycles. The molecule has 0 bridgehead atoms. The average Bonchev–Trinajstić information content (AvgIpc) is 2.94. The first-order valence-electron chi connectivity index (χ1n) is 6.54. The van der Waals surface area contributed by atoms with Crippen LogP contribution in [0.1, 0.15) is 42.7 Å². The summed E-state index contributed by atoms with van der Waals surface area (Å²) in [5, 5.41) is 4.31. The summed E-state index contributed by atoms with van der Waals surface area (Å²) in [6.07, 6.45) is 2.62. The lowest BCUT2D eigenvalue weighted by atomic mass is 10.2. The van der Waals surface area contributed by atoms with Gasteiger partial charge in [-0.15, -0.1) is 0 Å². The molecule has 1 aromatic rings. The lowest BCUT2D eigenvalue weighted by Crippen LogP contribution is -2.35. The first kappa shape index (κ1) is 13.5. The van der Waals surface area contributed by atoms with Gasteiger partial charge in [0.05, 0.1) is 11.3 Å². The van der Waals surface area contributed by atoms with Crippen molar-refractivity contribution in [3.8, 4) is 0 Å². The Kier molecular flexibility index (Phi) is 4.35. The summed E-state index contributed by atoms with van der Waals surface area (Å²) in [5.41, 5.74) is 1.59. The SMILES string of the molecule is CC(=O)c1c(C)nsc1NCC(C)N1CCCC1. The predicted octanol–water partition coefficient (Wildman–Crippen LogP) is 2.55. The minimum absolute atomic E-state index is 0.0950. The number of aryl methyl sites for hydroxylation is 1. The van der Waals surface area contributed by atoms with Gasteiger partial charge in [0.25, 0.3) is 0 Å². The maximum Gasteiger partial charge on any atom is 0.164 e. The van der Waals surface area contributed by atoms with Gasteiger partial charge in [-0.2, -0.15) is 4.37 Å². The second-order valence-corrected chi connectivity index (χ2v) is 5.77. The summed E-state index contributed by atoms with van der Waals surface area (Å²) >= 11 is 1.39. The molecule has 4 nitrogen and oxygen atoms in total. The molecular formula is C13H21N3OS. The van der Waals surface area contributed by atoms with Crippen LogP contribution in [0.5, 0.6) is 0 Å². The third-order valence-electron chi connectivity index (χ3n) is 3.54. The number of likely N-dealkylation sites (tertiary alicyclic amines) is 1. The van der Waals surface area contributed by atoms with E-state index in [0.29, 0.717) is 6.04 Å². The van der Waals surface area contributed by atoms with E-state index in [-0.39, 0.29) is 5.78 Å². The minimum Gasteiger partial charge on any atom is -0.374 e. The van der Waals surface area contributed by atoms with Crippen molar-refractivity contribution in [2.45, 2.75) is 39.7 Å². The number of carbonyl (C=O) groups excluding carboxylic acids is 1. The summed E-state index contributed by atoms with van der Waals surface area (Å²) in [7, 11) is 0. The summed E-state index contributed by atoms with van der Waals surface area (Å²) in [6, 6.07) is 0.509. The number of nitrogens with one attached hydrogen (secondary N) is 1. The first-order valence-corrected chi connectivity index (χ1v) is 7.32. The van der Waals surface area contributed by atoms with Gasteiger partial charge in [0, 0.05) is 12.6 Å². The van der Waals surface area contributed by atoms with Crippen LogP contribution in [0.2, 0.25) is 0 Å². The highest BCUT2D eigenvalue weighted by Crippen LogP contribution is 2.25. The molecule has 1 aliphatic rings. The highest BCUT2D eigenvalue weighted by Gasteiger charge is 2.19. The van der Waals surface area contributed by atoms with Gasteiger partial charge < -0.3 is 5.32 Å². The van der Waals surface area contributed by atoms with Crippen LogP contribution in [0, 0.1) is 6.92 Å². The number of hydrogen-bond acceptors (Lipinski definition) is 5. The van der Waals surface area contributed by atoms with Crippen LogP contribution in [0.3, 0.4) is 0 Å². The molecule has 1 fully saturated rings. The molecule has 1 unspecified atom stereocenters. The largest absolute Gasteiger partial charge is 0.374 e. The van der Waals surface area contributed by atoms with Gasteiger partial charge in [-0.05, 0) is 58.2 Å². The van der Waals surface area contributed by atoms with Crippen molar-refractivity contribution in [3.05, 3.63) is 11.3 Å². The molecule has 2 heterocycles. The minimum atomic E-state index is 0.0950. The number of anilines is 1. The monoisotopic (exact) mass is 267 g/mol. The van der Waals surface area contributed by atoms with E-state index in [0.717, 1.165) is 22.8 Å². The Morgan fingerprint density at radius 3 is 2.78 bits per heavy atom. The average molecular weight is 267 g/mol. The molecule has 100 valence electrons. The van der Waals surface area contributed by atoms with E-state index < -0.39 is 0 Å². The van der Waals surface area contributed by atoms with E-state index in [1.807, 2.05) is 6.92 Å². The van der Waals surface area contributed by atoms with Crippen molar-refractivity contribution >= 4 is 22.3 Å². The molecule has 2 rings (SSSR count). The Morgan fingerprint density at radius 1 is 1.50 bits per heavy atom. The normalized spacial score (nSPS) is 17.9. The lowest BCUT2D eigenvalue weighted by Gasteiger charge is -2.24. The second kappa shape index (κ2) is 5.80. The van der Waals surface area contributed by atoms with Crippen molar-refractivity contribution < 1.29 is 4.79 Å². The fraction of sp³-hybridized carbons (Fsp3) is 0.692. The van der Waals surface area contributed by atoms with Gasteiger partial charge in [-0.1, -0.05) is 0 Å². The zero-order valence-corrected chi connectivity index (χ0v) is 12.1. The molecule has 1 atom stereocenters. The van der Waals surface area contributed by atoms with Crippen molar-refractivity contribution in [1.29, 1.82) is 0 Å². The molecule has 1 N–H and O–H groups in total. The van der Waals surface area contributed by atoms with Gasteiger partial charge in [0.1, 0.15) is 5.00 Å². The molecule has 0 aromatic carbocycles. The highest BCUT2D eigenvalue weighted by molar-refractivity contribution is 7.10. The second-order valence-electron chi connectivity index (χ2n) is 5.00. The number of Topliss-reactive ketones (excluding diaryl/α,β-unsaturated/α-hetero) is 1. The molecule has 0 spiro atoms. The molecule has 0 amide bonds. The Balaban J connectivity index is 1.95. The van der Waals surface area contributed by atoms with Crippen LogP contribution in [-0.2, 0) is 0 Å². The molecule has 1 aromatic heterocycles. The van der Waals surface area contributed by atoms with Crippen molar-refractivity contribution in [2.75, 3.05) is 25.0 Å². The zero-order chi connectivity index (χ0) is 13.1. The number of carbonyl (C=O) groups is 1. The van der Waals surface area contributed by atoms with Crippen LogP contribution in [0.4, 0.5) is 5.00 Å². The summed E-state index contributed by atoms with van der Waals surface area (Å²) < 4.78 is 4.26.